The van der Waals surface area contributed by atoms with E-state index in [-0.39, 0.29) is 0 Å². The fourth-order valence-electron chi connectivity index (χ4n) is 0.437. The smallest absolute Gasteiger partial charge is 0.207 e. The molecule has 1 aromatic rings. The molecule has 0 radical (unpaired) electrons. The number of hydrogen-bond donors (Lipinski definition) is 0. The maximum atomic E-state index is 12.2. The fraction of sp³-hybridized carbons (Fsp3) is 0. The van der Waals surface area contributed by atoms with E-state index in [9.17, 15) is 8.78 Å². The lowest BCUT2D eigenvalue weighted by atomic mass is 10.4. The van der Waals surface area contributed by atoms with Crippen molar-refractivity contribution in [2.75, 3.05) is 0 Å². The molecule has 1 heterocycles. The predicted molar refractivity (Wildman–Crippen MR) is 26.7 cm³/mol. The zero-order valence-corrected chi connectivity index (χ0v) is 4.67. The highest BCUT2D eigenvalue weighted by Crippen LogP contribution is 2.03. The highest BCUT2D eigenvalue weighted by molar-refractivity contribution is 5.24. The van der Waals surface area contributed by atoms with Gasteiger partial charge in [0.15, 0.2) is 5.56 Å². The van der Waals surface area contributed by atoms with Gasteiger partial charge in [-0.25, -0.2) is 9.97 Å². The van der Waals surface area contributed by atoms with Crippen molar-refractivity contribution in [1.82, 2.24) is 9.97 Å². The van der Waals surface area contributed by atoms with Crippen molar-refractivity contribution in [2.45, 2.75) is 0 Å². The van der Waals surface area contributed by atoms with Crippen LogP contribution in [0.3, 0.4) is 0 Å². The van der Waals surface area contributed by atoms with Gasteiger partial charge in [-0.2, -0.15) is 14.0 Å². The molecule has 5 heteroatoms. The van der Waals surface area contributed by atoms with Crippen LogP contribution in [0, 0.1) is 23.2 Å². The van der Waals surface area contributed by atoms with Gasteiger partial charge < -0.3 is 0 Å². The number of nitriles is 1. The van der Waals surface area contributed by atoms with E-state index in [1.54, 1.807) is 0 Å². The first kappa shape index (κ1) is 6.55. The summed E-state index contributed by atoms with van der Waals surface area (Å²) in [6.45, 7) is 0. The van der Waals surface area contributed by atoms with Gasteiger partial charge in [-0.1, -0.05) is 0 Å². The van der Waals surface area contributed by atoms with Crippen LogP contribution in [0.25, 0.3) is 0 Å². The molecule has 0 saturated carbocycles. The van der Waals surface area contributed by atoms with Crippen molar-refractivity contribution in [1.29, 1.82) is 5.26 Å². The summed E-state index contributed by atoms with van der Waals surface area (Å²) < 4.78 is 24.5. The van der Waals surface area contributed by atoms with E-state index in [2.05, 4.69) is 9.97 Å². The Labute approximate surface area is 55.0 Å². The third-order valence-corrected chi connectivity index (χ3v) is 0.867. The molecule has 0 fully saturated rings. The van der Waals surface area contributed by atoms with Gasteiger partial charge in [-0.3, -0.25) is 0 Å². The maximum absolute atomic E-state index is 12.2. The first-order valence-corrected chi connectivity index (χ1v) is 2.32. The van der Waals surface area contributed by atoms with Crippen molar-refractivity contribution in [3.8, 4) is 6.07 Å². The molecule has 0 bridgehead atoms. The van der Waals surface area contributed by atoms with Crippen LogP contribution in [0.5, 0.6) is 0 Å². The number of hydrogen-bond acceptors (Lipinski definition) is 3. The van der Waals surface area contributed by atoms with Crippen LogP contribution < -0.4 is 0 Å². The SMILES string of the molecule is N#Cc1c(F)ncnc1F. The molecule has 0 unspecified atom stereocenters. The molecule has 0 aliphatic carbocycles. The summed E-state index contributed by atoms with van der Waals surface area (Å²) in [7, 11) is 0. The molecule has 0 spiro atoms. The standard InChI is InChI=1S/C5HF2N3/c6-4-3(1-8)5(7)10-2-9-4/h2H. The normalized spacial score (nSPS) is 8.90. The molecule has 0 N–H and O–H groups in total. The highest BCUT2D eigenvalue weighted by atomic mass is 19.1. The lowest BCUT2D eigenvalue weighted by Crippen LogP contribution is -1.95. The van der Waals surface area contributed by atoms with E-state index in [1.807, 2.05) is 0 Å². The second-order valence-corrected chi connectivity index (χ2v) is 1.44. The maximum Gasteiger partial charge on any atom is 0.236 e. The van der Waals surface area contributed by atoms with Crippen molar-refractivity contribution in [2.24, 2.45) is 0 Å². The molecular formula is C5HF2N3. The van der Waals surface area contributed by atoms with E-state index >= 15 is 0 Å². The van der Waals surface area contributed by atoms with Crippen LogP contribution in [-0.2, 0) is 0 Å². The summed E-state index contributed by atoms with van der Waals surface area (Å²) in [5.41, 5.74) is -0.748. The number of rotatable bonds is 0. The van der Waals surface area contributed by atoms with E-state index in [4.69, 9.17) is 5.26 Å². The van der Waals surface area contributed by atoms with Crippen molar-refractivity contribution >= 4 is 0 Å². The van der Waals surface area contributed by atoms with Crippen LogP contribution in [0.4, 0.5) is 8.78 Å². The van der Waals surface area contributed by atoms with E-state index in [1.165, 1.54) is 6.07 Å². The fourth-order valence-corrected chi connectivity index (χ4v) is 0.437. The molecule has 3 nitrogen and oxygen atoms in total. The lowest BCUT2D eigenvalue weighted by Gasteiger charge is -1.89. The lowest BCUT2D eigenvalue weighted by molar-refractivity contribution is 0.518. The molecule has 0 aliphatic rings. The van der Waals surface area contributed by atoms with Crippen LogP contribution in [0.2, 0.25) is 0 Å². The summed E-state index contributed by atoms with van der Waals surface area (Å²) in [4.78, 5) is 5.94. The van der Waals surface area contributed by atoms with Crippen LogP contribution in [0.1, 0.15) is 5.56 Å². The van der Waals surface area contributed by atoms with Crippen LogP contribution in [0.15, 0.2) is 6.33 Å². The van der Waals surface area contributed by atoms with Gasteiger partial charge in [-0.15, -0.1) is 0 Å². The highest BCUT2D eigenvalue weighted by Gasteiger charge is 2.08. The Kier molecular flexibility index (Phi) is 1.54. The van der Waals surface area contributed by atoms with E-state index in [0.717, 1.165) is 0 Å². The minimum atomic E-state index is -1.13. The van der Waals surface area contributed by atoms with Crippen LogP contribution >= 0.6 is 0 Å². The Balaban J connectivity index is 3.34. The van der Waals surface area contributed by atoms with Gasteiger partial charge in [-0.05, 0) is 0 Å². The van der Waals surface area contributed by atoms with E-state index in [0.29, 0.717) is 6.33 Å². The zero-order valence-electron chi connectivity index (χ0n) is 4.67. The van der Waals surface area contributed by atoms with Crippen molar-refractivity contribution in [3.63, 3.8) is 0 Å². The average Bonchev–Trinajstić information content (AvgIpc) is 1.88. The minimum Gasteiger partial charge on any atom is -0.207 e. The molecule has 50 valence electrons. The van der Waals surface area contributed by atoms with Gasteiger partial charge in [0.25, 0.3) is 0 Å². The number of aromatic nitrogens is 2. The molecule has 1 aromatic heterocycles. The molecule has 0 aromatic carbocycles. The molecule has 0 aliphatic heterocycles. The Hall–Kier alpha value is -1.57. The van der Waals surface area contributed by atoms with Crippen LogP contribution in [-0.4, -0.2) is 9.97 Å². The Bertz CT molecular complexity index is 271. The molecular weight excluding hydrogens is 140 g/mol. The Morgan fingerprint density at radius 3 is 2.10 bits per heavy atom. The van der Waals surface area contributed by atoms with Crippen molar-refractivity contribution < 1.29 is 8.78 Å². The first-order valence-electron chi connectivity index (χ1n) is 2.32. The minimum absolute atomic E-state index is 0.714. The molecule has 0 saturated heterocycles. The zero-order chi connectivity index (χ0) is 7.56. The van der Waals surface area contributed by atoms with Crippen molar-refractivity contribution in [3.05, 3.63) is 23.8 Å². The van der Waals surface area contributed by atoms with E-state index < -0.39 is 17.5 Å². The molecule has 1 rings (SSSR count). The largest absolute Gasteiger partial charge is 0.236 e. The summed E-state index contributed by atoms with van der Waals surface area (Å²) in [6.07, 6.45) is 0.714. The Morgan fingerprint density at radius 1 is 1.30 bits per heavy atom. The number of nitrogens with zero attached hydrogens (tertiary/aromatic N) is 3. The topological polar surface area (TPSA) is 49.6 Å². The summed E-state index contributed by atoms with van der Waals surface area (Å²) in [5.74, 6) is -2.26. The summed E-state index contributed by atoms with van der Waals surface area (Å²) >= 11 is 0. The summed E-state index contributed by atoms with van der Waals surface area (Å²) in [6, 6.07) is 1.29. The molecule has 0 amide bonds. The predicted octanol–water partition coefficient (Wildman–Crippen LogP) is 0.626. The monoisotopic (exact) mass is 141 g/mol. The molecule has 0 atom stereocenters. The molecule has 10 heavy (non-hydrogen) atoms. The first-order chi connectivity index (χ1) is 4.75. The number of halogens is 2. The van der Waals surface area contributed by atoms with Gasteiger partial charge in [0.1, 0.15) is 12.4 Å². The quantitative estimate of drug-likeness (QED) is 0.498. The van der Waals surface area contributed by atoms with Gasteiger partial charge in [0, 0.05) is 0 Å². The average molecular weight is 141 g/mol. The second-order valence-electron chi connectivity index (χ2n) is 1.44. The van der Waals surface area contributed by atoms with Gasteiger partial charge in [0.05, 0.1) is 0 Å². The third-order valence-electron chi connectivity index (χ3n) is 0.867. The summed E-state index contributed by atoms with van der Waals surface area (Å²) in [5, 5.41) is 8.09. The van der Waals surface area contributed by atoms with Gasteiger partial charge >= 0.3 is 0 Å². The second kappa shape index (κ2) is 2.35. The third kappa shape index (κ3) is 0.910. The van der Waals surface area contributed by atoms with Gasteiger partial charge in [0.2, 0.25) is 11.9 Å². The Morgan fingerprint density at radius 2 is 1.80 bits per heavy atom.